The number of carbonyl (C=O) groups is 2. The molecule has 0 unspecified atom stereocenters. The molecule has 0 spiro atoms. The number of H-pyrrole nitrogens is 2. The smallest absolute Gasteiger partial charge is 0.267 e. The second-order valence-electron chi connectivity index (χ2n) is 8.47. The van der Waals surface area contributed by atoms with Crippen LogP contribution in [0.5, 0.6) is 5.75 Å². The van der Waals surface area contributed by atoms with Crippen molar-refractivity contribution in [2.75, 3.05) is 6.54 Å². The van der Waals surface area contributed by atoms with Crippen LogP contribution in [0.15, 0.2) is 83.9 Å². The number of nitrogens with zero attached hydrogens (tertiary/aromatic N) is 2. The number of aromatic amines is 2. The molecule has 3 aromatic heterocycles. The lowest BCUT2D eigenvalue weighted by molar-refractivity contribution is 0.0949. The molecule has 0 aliphatic carbocycles. The second-order valence-corrected chi connectivity index (χ2v) is 8.47. The van der Waals surface area contributed by atoms with Crippen molar-refractivity contribution in [2.24, 2.45) is 0 Å². The van der Waals surface area contributed by atoms with Crippen molar-refractivity contribution < 1.29 is 18.8 Å². The molecule has 0 aliphatic heterocycles. The van der Waals surface area contributed by atoms with Crippen LogP contribution >= 0.6 is 0 Å². The lowest BCUT2D eigenvalue weighted by Crippen LogP contribution is -2.26. The standard InChI is InChI=1S/C28H25N5O4/c1-18-25(27(34)21-13-24(31-14-21)28(35)30-12-11-22-15-29-17-32-22)26(33-37-18)20-7-9-23(10-8-20)36-16-19-5-3-2-4-6-19/h2-10,13-15,17,31H,11-12,16H2,1H3,(H,29,32)(H,30,35). The average molecular weight is 496 g/mol. The number of nitrogens with one attached hydrogen (secondary N) is 3. The molecular formula is C28H25N5O4. The van der Waals surface area contributed by atoms with E-state index in [1.807, 2.05) is 54.6 Å². The average Bonchev–Trinajstić information content (AvgIpc) is 3.70. The van der Waals surface area contributed by atoms with Crippen LogP contribution < -0.4 is 10.1 Å². The third-order valence-corrected chi connectivity index (χ3v) is 5.89. The van der Waals surface area contributed by atoms with Crippen LogP contribution in [-0.2, 0) is 13.0 Å². The molecule has 186 valence electrons. The highest BCUT2D eigenvalue weighted by Gasteiger charge is 2.24. The van der Waals surface area contributed by atoms with Crippen molar-refractivity contribution in [2.45, 2.75) is 20.0 Å². The van der Waals surface area contributed by atoms with Gasteiger partial charge in [0.15, 0.2) is 5.78 Å². The van der Waals surface area contributed by atoms with E-state index >= 15 is 0 Å². The Kier molecular flexibility index (Phi) is 6.93. The van der Waals surface area contributed by atoms with E-state index in [1.54, 1.807) is 19.4 Å². The van der Waals surface area contributed by atoms with Crippen LogP contribution in [-0.4, -0.2) is 38.3 Å². The zero-order chi connectivity index (χ0) is 25.6. The van der Waals surface area contributed by atoms with E-state index in [2.05, 4.69) is 25.4 Å². The van der Waals surface area contributed by atoms with Gasteiger partial charge in [0, 0.05) is 42.2 Å². The highest BCUT2D eigenvalue weighted by molar-refractivity contribution is 6.13. The van der Waals surface area contributed by atoms with Gasteiger partial charge in [0.1, 0.15) is 29.5 Å². The quantitative estimate of drug-likeness (QED) is 0.245. The van der Waals surface area contributed by atoms with Crippen molar-refractivity contribution in [3.05, 3.63) is 113 Å². The number of ether oxygens (including phenoxy) is 1. The minimum atomic E-state index is -0.299. The fourth-order valence-electron chi connectivity index (χ4n) is 3.91. The number of aryl methyl sites for hydroxylation is 1. The Morgan fingerprint density at radius 1 is 1.05 bits per heavy atom. The first-order valence-electron chi connectivity index (χ1n) is 11.8. The van der Waals surface area contributed by atoms with Crippen molar-refractivity contribution in [3.8, 4) is 17.0 Å². The molecule has 5 aromatic rings. The molecule has 0 saturated carbocycles. The molecule has 3 heterocycles. The lowest BCUT2D eigenvalue weighted by Gasteiger charge is -2.07. The van der Waals surface area contributed by atoms with E-state index in [9.17, 15) is 9.59 Å². The Balaban J connectivity index is 1.26. The Morgan fingerprint density at radius 2 is 1.86 bits per heavy atom. The molecule has 0 aliphatic rings. The van der Waals surface area contributed by atoms with Crippen molar-refractivity contribution in [1.82, 2.24) is 25.4 Å². The van der Waals surface area contributed by atoms with Gasteiger partial charge in [-0.1, -0.05) is 35.5 Å². The number of hydrogen-bond acceptors (Lipinski definition) is 6. The summed E-state index contributed by atoms with van der Waals surface area (Å²) < 4.78 is 11.2. The Labute approximate surface area is 212 Å². The summed E-state index contributed by atoms with van der Waals surface area (Å²) in [5.74, 6) is 0.517. The predicted molar refractivity (Wildman–Crippen MR) is 136 cm³/mol. The van der Waals surface area contributed by atoms with E-state index in [0.29, 0.717) is 53.6 Å². The van der Waals surface area contributed by atoms with Gasteiger partial charge in [-0.2, -0.15) is 0 Å². The van der Waals surface area contributed by atoms with E-state index < -0.39 is 0 Å². The van der Waals surface area contributed by atoms with Crippen molar-refractivity contribution >= 4 is 11.7 Å². The first kappa shape index (κ1) is 23.8. The Bertz CT molecular complexity index is 1490. The maximum Gasteiger partial charge on any atom is 0.267 e. The summed E-state index contributed by atoms with van der Waals surface area (Å²) >= 11 is 0. The third-order valence-electron chi connectivity index (χ3n) is 5.89. The number of aromatic nitrogens is 4. The SMILES string of the molecule is Cc1onc(-c2ccc(OCc3ccccc3)cc2)c1C(=O)c1c[nH]c(C(=O)NCCc2cnc[nH]2)c1. The summed E-state index contributed by atoms with van der Waals surface area (Å²) in [5, 5.41) is 6.96. The van der Waals surface area contributed by atoms with Gasteiger partial charge in [0.25, 0.3) is 5.91 Å². The third kappa shape index (κ3) is 5.51. The predicted octanol–water partition coefficient (Wildman–Crippen LogP) is 4.48. The van der Waals surface area contributed by atoms with Gasteiger partial charge in [0.2, 0.25) is 0 Å². The maximum absolute atomic E-state index is 13.4. The van der Waals surface area contributed by atoms with E-state index in [-0.39, 0.29) is 11.7 Å². The maximum atomic E-state index is 13.4. The summed E-state index contributed by atoms with van der Waals surface area (Å²) in [6, 6.07) is 18.8. The monoisotopic (exact) mass is 495 g/mol. The van der Waals surface area contributed by atoms with Crippen LogP contribution in [0.25, 0.3) is 11.3 Å². The first-order chi connectivity index (χ1) is 18.1. The summed E-state index contributed by atoms with van der Waals surface area (Å²) in [7, 11) is 0. The zero-order valence-corrected chi connectivity index (χ0v) is 20.2. The normalized spacial score (nSPS) is 10.8. The number of carbonyl (C=O) groups excluding carboxylic acids is 2. The summed E-state index contributed by atoms with van der Waals surface area (Å²) in [6.07, 6.45) is 5.44. The Morgan fingerprint density at radius 3 is 2.62 bits per heavy atom. The van der Waals surface area contributed by atoms with Gasteiger partial charge in [-0.05, 0) is 42.8 Å². The van der Waals surface area contributed by atoms with Crippen molar-refractivity contribution in [3.63, 3.8) is 0 Å². The topological polar surface area (TPSA) is 126 Å². The number of amides is 1. The summed E-state index contributed by atoms with van der Waals surface area (Å²) in [5.41, 5.74) is 4.14. The van der Waals surface area contributed by atoms with E-state index in [4.69, 9.17) is 9.26 Å². The first-order valence-corrected chi connectivity index (χ1v) is 11.8. The molecule has 37 heavy (non-hydrogen) atoms. The molecule has 0 saturated heterocycles. The second kappa shape index (κ2) is 10.8. The highest BCUT2D eigenvalue weighted by atomic mass is 16.5. The number of imidazole rings is 1. The number of benzene rings is 2. The molecule has 9 heteroatoms. The van der Waals surface area contributed by atoms with Gasteiger partial charge >= 0.3 is 0 Å². The largest absolute Gasteiger partial charge is 0.489 e. The van der Waals surface area contributed by atoms with E-state index in [1.165, 1.54) is 12.3 Å². The van der Waals surface area contributed by atoms with E-state index in [0.717, 1.165) is 16.8 Å². The molecular weight excluding hydrogens is 470 g/mol. The van der Waals surface area contributed by atoms with Gasteiger partial charge in [-0.3, -0.25) is 9.59 Å². The van der Waals surface area contributed by atoms with Crippen LogP contribution in [0.4, 0.5) is 0 Å². The molecule has 9 nitrogen and oxygen atoms in total. The molecule has 0 fully saturated rings. The van der Waals surface area contributed by atoms with Crippen molar-refractivity contribution in [1.29, 1.82) is 0 Å². The molecule has 0 atom stereocenters. The Hall–Kier alpha value is -4.92. The minimum Gasteiger partial charge on any atom is -0.489 e. The van der Waals surface area contributed by atoms with Gasteiger partial charge in [-0.15, -0.1) is 0 Å². The van der Waals surface area contributed by atoms with Gasteiger partial charge < -0.3 is 24.5 Å². The van der Waals surface area contributed by atoms with Crippen LogP contribution in [0, 0.1) is 6.92 Å². The van der Waals surface area contributed by atoms with Gasteiger partial charge in [-0.25, -0.2) is 4.98 Å². The molecule has 5 rings (SSSR count). The number of hydrogen-bond donors (Lipinski definition) is 3. The van der Waals surface area contributed by atoms with Crippen LogP contribution in [0.3, 0.4) is 0 Å². The molecule has 2 aromatic carbocycles. The molecule has 3 N–H and O–H groups in total. The lowest BCUT2D eigenvalue weighted by atomic mass is 9.99. The number of rotatable bonds is 10. The molecule has 0 bridgehead atoms. The zero-order valence-electron chi connectivity index (χ0n) is 20.2. The number of ketones is 1. The fraction of sp³-hybridized carbons (Fsp3) is 0.143. The van der Waals surface area contributed by atoms with Crippen LogP contribution in [0.1, 0.15) is 43.4 Å². The highest BCUT2D eigenvalue weighted by Crippen LogP contribution is 2.29. The molecule has 1 amide bonds. The summed E-state index contributed by atoms with van der Waals surface area (Å²) in [4.78, 5) is 35.7. The van der Waals surface area contributed by atoms with Crippen LogP contribution in [0.2, 0.25) is 0 Å². The van der Waals surface area contributed by atoms with Gasteiger partial charge in [0.05, 0.1) is 11.9 Å². The summed E-state index contributed by atoms with van der Waals surface area (Å²) in [6.45, 7) is 2.58. The molecule has 0 radical (unpaired) electrons. The minimum absolute atomic E-state index is 0.286. The fourth-order valence-corrected chi connectivity index (χ4v) is 3.91.